The molecule has 12 heavy (non-hydrogen) atoms. The fourth-order valence-corrected chi connectivity index (χ4v) is 0.680. The number of hydrogen-bond donors (Lipinski definition) is 1. The molecule has 0 spiro atoms. The number of aliphatic hydroxyl groups is 1. The van der Waals surface area contributed by atoms with Crippen molar-refractivity contribution in [2.45, 2.75) is 0 Å². The maximum Gasteiger partial charge on any atom is 0.119 e. The van der Waals surface area contributed by atoms with E-state index in [1.54, 1.807) is 0 Å². The van der Waals surface area contributed by atoms with Crippen LogP contribution in [0.25, 0.3) is 0 Å². The normalized spacial score (nSPS) is 8.17. The van der Waals surface area contributed by atoms with Gasteiger partial charge in [-0.3, -0.25) is 0 Å². The molecular formula is C8H10BNO2. The predicted molar refractivity (Wildman–Crippen MR) is 46.5 cm³/mol. The number of ether oxygens (including phenoxy) is 1. The van der Waals surface area contributed by atoms with Gasteiger partial charge >= 0.3 is 12.6 Å². The zero-order chi connectivity index (χ0) is 9.23. The minimum atomic E-state index is 0.0644. The quantitative estimate of drug-likeness (QED) is 0.667. The van der Waals surface area contributed by atoms with E-state index in [-0.39, 0.29) is 6.61 Å². The van der Waals surface area contributed by atoms with E-state index in [1.807, 2.05) is 30.3 Å². The molecule has 1 rings (SSSR count). The summed E-state index contributed by atoms with van der Waals surface area (Å²) in [5, 5.41) is 14.9. The smallest absolute Gasteiger partial charge is 0.119 e. The second-order valence-electron chi connectivity index (χ2n) is 1.89. The Morgan fingerprint density at radius 2 is 1.83 bits per heavy atom. The summed E-state index contributed by atoms with van der Waals surface area (Å²) < 4.78 is 5.11. The molecule has 1 N–H and O–H groups in total. The maximum absolute atomic E-state index is 8.40. The molecule has 0 amide bonds. The molecule has 0 heterocycles. The molecule has 4 heteroatoms. The molecule has 0 fully saturated rings. The first-order valence-corrected chi connectivity index (χ1v) is 3.48. The number of aliphatic hydroxyl groups excluding tert-OH is 1. The Bertz CT molecular complexity index is 213. The van der Waals surface area contributed by atoms with Crippen molar-refractivity contribution in [1.29, 1.82) is 5.16 Å². The van der Waals surface area contributed by atoms with Crippen molar-refractivity contribution in [2.24, 2.45) is 0 Å². The van der Waals surface area contributed by atoms with Gasteiger partial charge in [-0.25, -0.2) is 0 Å². The van der Waals surface area contributed by atoms with E-state index in [0.717, 1.165) is 5.75 Å². The first kappa shape index (κ1) is 10.8. The van der Waals surface area contributed by atoms with Gasteiger partial charge in [0.1, 0.15) is 12.4 Å². The van der Waals surface area contributed by atoms with Gasteiger partial charge in [0, 0.05) is 0 Å². The number of hydrogen-bond acceptors (Lipinski definition) is 3. The van der Waals surface area contributed by atoms with Gasteiger partial charge in [0.2, 0.25) is 0 Å². The van der Waals surface area contributed by atoms with Crippen molar-refractivity contribution in [1.82, 2.24) is 0 Å². The van der Waals surface area contributed by atoms with E-state index in [4.69, 9.17) is 15.0 Å². The van der Waals surface area contributed by atoms with Crippen LogP contribution < -0.4 is 4.74 Å². The van der Waals surface area contributed by atoms with Gasteiger partial charge < -0.3 is 9.84 Å². The first-order valence-electron chi connectivity index (χ1n) is 3.48. The number of rotatable bonds is 3. The number of benzene rings is 1. The largest absolute Gasteiger partial charge is 0.491 e. The van der Waals surface area contributed by atoms with Gasteiger partial charge in [0.25, 0.3) is 0 Å². The second-order valence-corrected chi connectivity index (χ2v) is 1.89. The molecule has 0 atom stereocenters. The van der Waals surface area contributed by atoms with E-state index in [1.165, 1.54) is 0 Å². The summed E-state index contributed by atoms with van der Waals surface area (Å²) in [6.07, 6.45) is 0. The van der Waals surface area contributed by atoms with E-state index in [0.29, 0.717) is 6.61 Å². The van der Waals surface area contributed by atoms with Crippen LogP contribution in [0.15, 0.2) is 30.3 Å². The average Bonchev–Trinajstić information content (AvgIpc) is 2.19. The topological polar surface area (TPSA) is 53.2 Å². The van der Waals surface area contributed by atoms with Gasteiger partial charge in [-0.1, -0.05) is 18.2 Å². The molecule has 0 aliphatic carbocycles. The fourth-order valence-electron chi connectivity index (χ4n) is 0.680. The number of nitrogens with zero attached hydrogens (tertiary/aromatic N) is 1. The van der Waals surface area contributed by atoms with Crippen LogP contribution in [0.4, 0.5) is 0 Å². The van der Waals surface area contributed by atoms with Gasteiger partial charge in [0.05, 0.1) is 6.61 Å². The summed E-state index contributed by atoms with van der Waals surface area (Å²) in [4.78, 5) is 0. The van der Waals surface area contributed by atoms with Crippen molar-refractivity contribution in [2.75, 3.05) is 13.2 Å². The van der Waals surface area contributed by atoms with Crippen LogP contribution >= 0.6 is 0 Å². The van der Waals surface area contributed by atoms with Crippen LogP contribution in [-0.2, 0) is 0 Å². The molecule has 62 valence electrons. The fraction of sp³-hybridized carbons (Fsp3) is 0.250. The molecule has 0 bridgehead atoms. The van der Waals surface area contributed by atoms with E-state index in [9.17, 15) is 0 Å². The Balaban J connectivity index is 0.000000561. The maximum atomic E-state index is 8.40. The Morgan fingerprint density at radius 1 is 1.25 bits per heavy atom. The van der Waals surface area contributed by atoms with Crippen molar-refractivity contribution in [3.05, 3.63) is 30.3 Å². The Hall–Kier alpha value is -1.25. The summed E-state index contributed by atoms with van der Waals surface area (Å²) in [6, 6.07) is 9.43. The van der Waals surface area contributed by atoms with E-state index in [2.05, 4.69) is 7.49 Å². The first-order chi connectivity index (χ1) is 5.93. The molecular weight excluding hydrogens is 153 g/mol. The molecule has 0 aromatic heterocycles. The molecule has 0 aliphatic rings. The third kappa shape index (κ3) is 4.55. The molecule has 3 nitrogen and oxygen atoms in total. The third-order valence-corrected chi connectivity index (χ3v) is 1.10. The Labute approximate surface area is 72.6 Å². The van der Waals surface area contributed by atoms with Crippen LogP contribution in [0.2, 0.25) is 0 Å². The van der Waals surface area contributed by atoms with Crippen molar-refractivity contribution in [3.63, 3.8) is 0 Å². The van der Waals surface area contributed by atoms with Crippen LogP contribution in [0.3, 0.4) is 0 Å². The summed E-state index contributed by atoms with van der Waals surface area (Å²) in [6.45, 7) is 0.429. The molecule has 1 aromatic carbocycles. The van der Waals surface area contributed by atoms with Crippen LogP contribution in [-0.4, -0.2) is 25.8 Å². The van der Waals surface area contributed by atoms with Crippen LogP contribution in [0, 0.1) is 5.16 Å². The van der Waals surface area contributed by atoms with E-state index < -0.39 is 0 Å². The Morgan fingerprint density at radius 3 is 2.33 bits per heavy atom. The van der Waals surface area contributed by atoms with Gasteiger partial charge in [0.15, 0.2) is 0 Å². The van der Waals surface area contributed by atoms with Crippen molar-refractivity contribution in [3.8, 4) is 5.75 Å². The zero-order valence-corrected chi connectivity index (χ0v) is 6.68. The van der Waals surface area contributed by atoms with Crippen molar-refractivity contribution >= 4 is 7.49 Å². The molecule has 0 saturated carbocycles. The molecule has 0 aliphatic heterocycles. The van der Waals surface area contributed by atoms with Gasteiger partial charge in [-0.15, -0.1) is 0 Å². The minimum Gasteiger partial charge on any atom is -0.491 e. The van der Waals surface area contributed by atoms with E-state index >= 15 is 0 Å². The summed E-state index contributed by atoms with van der Waals surface area (Å²) in [5.41, 5.74) is 0. The molecule has 1 aromatic rings. The zero-order valence-electron chi connectivity index (χ0n) is 6.68. The number of para-hydroxylation sites is 1. The summed E-state index contributed by atoms with van der Waals surface area (Å²) >= 11 is 0. The predicted octanol–water partition coefficient (Wildman–Crippen LogP) is 0.692. The summed E-state index contributed by atoms with van der Waals surface area (Å²) in [5.74, 6) is 0.802. The monoisotopic (exact) mass is 163 g/mol. The van der Waals surface area contributed by atoms with Crippen LogP contribution in [0.5, 0.6) is 5.75 Å². The molecule has 0 radical (unpaired) electrons. The Kier molecular flexibility index (Phi) is 7.04. The van der Waals surface area contributed by atoms with Crippen molar-refractivity contribution < 1.29 is 9.84 Å². The minimum absolute atomic E-state index is 0.0644. The van der Waals surface area contributed by atoms with Gasteiger partial charge in [-0.05, 0) is 12.1 Å². The molecule has 0 saturated heterocycles. The third-order valence-electron chi connectivity index (χ3n) is 1.10. The van der Waals surface area contributed by atoms with Crippen LogP contribution in [0.1, 0.15) is 0 Å². The second kappa shape index (κ2) is 7.86. The average molecular weight is 163 g/mol. The molecule has 0 unspecified atom stereocenters. The summed E-state index contributed by atoms with van der Waals surface area (Å²) in [7, 11) is 3.50. The SMILES string of the molecule is B#N.OCCOc1ccccc1. The standard InChI is InChI=1S/C8H10O2.BN/c9-6-7-10-8-4-2-1-3-5-8;1-2/h1-5,9H,6-7H2;. The van der Waals surface area contributed by atoms with Gasteiger partial charge in [-0.2, -0.15) is 0 Å².